The van der Waals surface area contributed by atoms with Crippen molar-refractivity contribution in [1.29, 1.82) is 0 Å². The molecule has 21 heavy (non-hydrogen) atoms. The quantitative estimate of drug-likeness (QED) is 0.774. The van der Waals surface area contributed by atoms with Gasteiger partial charge in [0.15, 0.2) is 0 Å². The molecule has 0 radical (unpaired) electrons. The predicted molar refractivity (Wildman–Crippen MR) is 84.5 cm³/mol. The Morgan fingerprint density at radius 2 is 2.10 bits per heavy atom. The Balaban J connectivity index is 2.27. The van der Waals surface area contributed by atoms with Crippen molar-refractivity contribution in [3.05, 3.63) is 22.4 Å². The van der Waals surface area contributed by atoms with E-state index in [0.717, 1.165) is 11.3 Å². The van der Waals surface area contributed by atoms with Gasteiger partial charge >= 0.3 is 12.0 Å². The number of aliphatic carboxylic acids is 1. The van der Waals surface area contributed by atoms with E-state index in [-0.39, 0.29) is 17.9 Å². The lowest BCUT2D eigenvalue weighted by Crippen LogP contribution is -2.38. The van der Waals surface area contributed by atoms with E-state index in [2.05, 4.69) is 5.32 Å². The summed E-state index contributed by atoms with van der Waals surface area (Å²) in [4.78, 5) is 25.3. The molecule has 1 rings (SSSR count). The maximum Gasteiger partial charge on any atom is 0.317 e. The lowest BCUT2D eigenvalue weighted by Gasteiger charge is -2.25. The highest BCUT2D eigenvalue weighted by Gasteiger charge is 2.19. The van der Waals surface area contributed by atoms with Gasteiger partial charge in [0.25, 0.3) is 0 Å². The number of carboxylic acids is 1. The molecule has 118 valence electrons. The average Bonchev–Trinajstić information content (AvgIpc) is 2.89. The highest BCUT2D eigenvalue weighted by atomic mass is 32.1. The summed E-state index contributed by atoms with van der Waals surface area (Å²) in [6.45, 7) is 5.21. The van der Waals surface area contributed by atoms with Crippen LogP contribution in [0.25, 0.3) is 0 Å². The monoisotopic (exact) mass is 312 g/mol. The molecule has 0 spiro atoms. The van der Waals surface area contributed by atoms with Crippen LogP contribution in [-0.2, 0) is 11.3 Å². The molecular weight excluding hydrogens is 288 g/mol. The van der Waals surface area contributed by atoms with Crippen LogP contribution >= 0.6 is 11.3 Å². The summed E-state index contributed by atoms with van der Waals surface area (Å²) in [7, 11) is 1.77. The lowest BCUT2D eigenvalue weighted by molar-refractivity contribution is -0.137. The topological polar surface area (TPSA) is 69.6 Å². The largest absolute Gasteiger partial charge is 0.481 e. The van der Waals surface area contributed by atoms with Crippen molar-refractivity contribution in [2.24, 2.45) is 5.41 Å². The van der Waals surface area contributed by atoms with Gasteiger partial charge in [-0.05, 0) is 29.7 Å². The van der Waals surface area contributed by atoms with E-state index < -0.39 is 5.97 Å². The van der Waals surface area contributed by atoms with E-state index >= 15 is 0 Å². The summed E-state index contributed by atoms with van der Waals surface area (Å²) in [6, 6.07) is 3.87. The van der Waals surface area contributed by atoms with Crippen molar-refractivity contribution in [2.45, 2.75) is 39.7 Å². The molecule has 0 aliphatic heterocycles. The second-order valence-corrected chi connectivity index (χ2v) is 7.01. The first-order valence-corrected chi connectivity index (χ1v) is 7.91. The fourth-order valence-electron chi connectivity index (χ4n) is 1.92. The minimum absolute atomic E-state index is 0.0853. The van der Waals surface area contributed by atoms with Crippen LogP contribution < -0.4 is 5.32 Å². The molecule has 0 saturated heterocycles. The van der Waals surface area contributed by atoms with E-state index in [0.29, 0.717) is 19.5 Å². The number of nitrogens with one attached hydrogen (secondary N) is 1. The Kier molecular flexibility index (Phi) is 6.68. The Labute approximate surface area is 130 Å². The molecule has 2 amide bonds. The number of rotatable bonds is 8. The third-order valence-corrected chi connectivity index (χ3v) is 4.27. The molecule has 5 nitrogen and oxygen atoms in total. The first-order chi connectivity index (χ1) is 9.80. The van der Waals surface area contributed by atoms with Gasteiger partial charge in [-0.15, -0.1) is 11.3 Å². The van der Waals surface area contributed by atoms with Crippen molar-refractivity contribution in [1.82, 2.24) is 10.2 Å². The minimum atomic E-state index is -0.775. The molecule has 1 heterocycles. The maximum atomic E-state index is 11.9. The minimum Gasteiger partial charge on any atom is -0.481 e. The summed E-state index contributed by atoms with van der Waals surface area (Å²) in [6.07, 6.45) is 1.54. The number of thiophene rings is 1. The third kappa shape index (κ3) is 7.13. The molecule has 0 aliphatic rings. The first kappa shape index (κ1) is 17.5. The van der Waals surface area contributed by atoms with Crippen LogP contribution in [-0.4, -0.2) is 35.6 Å². The van der Waals surface area contributed by atoms with Gasteiger partial charge in [-0.1, -0.05) is 19.9 Å². The molecule has 2 N–H and O–H groups in total. The van der Waals surface area contributed by atoms with E-state index in [1.54, 1.807) is 23.3 Å². The Hall–Kier alpha value is -1.56. The van der Waals surface area contributed by atoms with Crippen molar-refractivity contribution in [3.8, 4) is 0 Å². The number of nitrogens with zero attached hydrogens (tertiary/aromatic N) is 1. The molecule has 0 aromatic carbocycles. The summed E-state index contributed by atoms with van der Waals surface area (Å²) >= 11 is 1.63. The normalized spacial score (nSPS) is 11.2. The highest BCUT2D eigenvalue weighted by Crippen LogP contribution is 2.26. The van der Waals surface area contributed by atoms with Crippen LogP contribution in [0.1, 0.15) is 38.0 Å². The van der Waals surface area contributed by atoms with E-state index in [1.807, 2.05) is 31.4 Å². The smallest absolute Gasteiger partial charge is 0.317 e. The molecule has 1 aromatic heterocycles. The van der Waals surface area contributed by atoms with E-state index in [9.17, 15) is 9.59 Å². The Morgan fingerprint density at radius 3 is 2.67 bits per heavy atom. The SMILES string of the molecule is CN(Cc1cccs1)C(=O)NCCC(C)(C)CCC(=O)O. The van der Waals surface area contributed by atoms with Crippen LogP contribution in [0.2, 0.25) is 0 Å². The standard InChI is InChI=1S/C15H24N2O3S/c1-15(2,7-6-13(18)19)8-9-16-14(20)17(3)11-12-5-4-10-21-12/h4-5,10H,6-9,11H2,1-3H3,(H,16,20)(H,18,19). The summed E-state index contributed by atoms with van der Waals surface area (Å²) in [5, 5.41) is 13.6. The van der Waals surface area contributed by atoms with Crippen LogP contribution in [0, 0.1) is 5.41 Å². The number of hydrogen-bond acceptors (Lipinski definition) is 3. The molecular formula is C15H24N2O3S. The van der Waals surface area contributed by atoms with Crippen LogP contribution in [0.4, 0.5) is 4.79 Å². The van der Waals surface area contributed by atoms with Gasteiger partial charge in [-0.3, -0.25) is 4.79 Å². The third-order valence-electron chi connectivity index (χ3n) is 3.41. The average molecular weight is 312 g/mol. The molecule has 0 atom stereocenters. The second kappa shape index (κ2) is 8.02. The number of amides is 2. The molecule has 0 bridgehead atoms. The number of hydrogen-bond donors (Lipinski definition) is 2. The summed E-state index contributed by atoms with van der Waals surface area (Å²) in [5.41, 5.74) is -0.0853. The number of urea groups is 1. The van der Waals surface area contributed by atoms with Gasteiger partial charge in [0.2, 0.25) is 0 Å². The molecule has 0 unspecified atom stereocenters. The zero-order valence-electron chi connectivity index (χ0n) is 12.9. The van der Waals surface area contributed by atoms with Gasteiger partial charge in [0.05, 0.1) is 6.54 Å². The number of carboxylic acid groups (broad SMARTS) is 1. The molecule has 6 heteroatoms. The maximum absolute atomic E-state index is 11.9. The zero-order chi connectivity index (χ0) is 15.9. The summed E-state index contributed by atoms with van der Waals surface area (Å²) < 4.78 is 0. The lowest BCUT2D eigenvalue weighted by atomic mass is 9.84. The van der Waals surface area contributed by atoms with Crippen molar-refractivity contribution < 1.29 is 14.7 Å². The van der Waals surface area contributed by atoms with Crippen molar-refractivity contribution in [2.75, 3.05) is 13.6 Å². The number of carbonyl (C=O) groups excluding carboxylic acids is 1. The van der Waals surface area contributed by atoms with E-state index in [1.165, 1.54) is 0 Å². The van der Waals surface area contributed by atoms with Crippen molar-refractivity contribution >= 4 is 23.3 Å². The van der Waals surface area contributed by atoms with Gasteiger partial charge in [0.1, 0.15) is 0 Å². The van der Waals surface area contributed by atoms with E-state index in [4.69, 9.17) is 5.11 Å². The molecule has 0 aliphatic carbocycles. The second-order valence-electron chi connectivity index (χ2n) is 5.98. The van der Waals surface area contributed by atoms with Crippen LogP contribution in [0.3, 0.4) is 0 Å². The fraction of sp³-hybridized carbons (Fsp3) is 0.600. The summed E-state index contributed by atoms with van der Waals surface area (Å²) in [5.74, 6) is -0.775. The Morgan fingerprint density at radius 1 is 1.38 bits per heavy atom. The van der Waals surface area contributed by atoms with Gasteiger partial charge in [0, 0.05) is 24.9 Å². The molecule has 0 saturated carbocycles. The van der Waals surface area contributed by atoms with Crippen LogP contribution in [0.15, 0.2) is 17.5 Å². The Bertz CT molecular complexity index is 457. The molecule has 0 fully saturated rings. The van der Waals surface area contributed by atoms with Crippen LogP contribution in [0.5, 0.6) is 0 Å². The highest BCUT2D eigenvalue weighted by molar-refractivity contribution is 7.09. The zero-order valence-corrected chi connectivity index (χ0v) is 13.7. The van der Waals surface area contributed by atoms with Gasteiger partial charge in [-0.2, -0.15) is 0 Å². The predicted octanol–water partition coefficient (Wildman–Crippen LogP) is 3.17. The fourth-order valence-corrected chi connectivity index (χ4v) is 2.68. The number of carbonyl (C=O) groups is 2. The molecule has 1 aromatic rings. The van der Waals surface area contributed by atoms with Gasteiger partial charge < -0.3 is 15.3 Å². The first-order valence-electron chi connectivity index (χ1n) is 7.03. The van der Waals surface area contributed by atoms with Gasteiger partial charge in [-0.25, -0.2) is 4.79 Å². The van der Waals surface area contributed by atoms with Crippen molar-refractivity contribution in [3.63, 3.8) is 0 Å².